The number of carbonyl (C=O) groups is 1. The highest BCUT2D eigenvalue weighted by Gasteiger charge is 2.31. The summed E-state index contributed by atoms with van der Waals surface area (Å²) in [6.07, 6.45) is -3.53. The highest BCUT2D eigenvalue weighted by molar-refractivity contribution is 6.04. The molecule has 0 saturated heterocycles. The van der Waals surface area contributed by atoms with Crippen molar-refractivity contribution in [2.75, 3.05) is 5.32 Å². The van der Waals surface area contributed by atoms with Gasteiger partial charge in [-0.2, -0.15) is 0 Å². The van der Waals surface area contributed by atoms with E-state index in [1.54, 1.807) is 24.3 Å². The third kappa shape index (κ3) is 4.71. The summed E-state index contributed by atoms with van der Waals surface area (Å²) in [6, 6.07) is 11.6. The van der Waals surface area contributed by atoms with E-state index in [-0.39, 0.29) is 17.5 Å². The maximum atomic E-state index is 14.0. The molecule has 7 nitrogen and oxygen atoms in total. The van der Waals surface area contributed by atoms with E-state index in [9.17, 15) is 22.4 Å². The van der Waals surface area contributed by atoms with Crippen molar-refractivity contribution in [2.45, 2.75) is 6.36 Å². The molecule has 2 aromatic heterocycles. The first-order valence-electron chi connectivity index (χ1n) is 8.63. The quantitative estimate of drug-likeness (QED) is 0.431. The van der Waals surface area contributed by atoms with Crippen molar-refractivity contribution >= 4 is 11.6 Å². The Balaban J connectivity index is 1.54. The summed E-state index contributed by atoms with van der Waals surface area (Å²) in [6.45, 7) is 0. The molecule has 0 bridgehead atoms. The number of furan rings is 1. The molecule has 0 saturated carbocycles. The second-order valence-corrected chi connectivity index (χ2v) is 6.11. The number of ether oxygens (including phenoxy) is 1. The minimum absolute atomic E-state index is 0.134. The Bertz CT molecular complexity index is 1220. The van der Waals surface area contributed by atoms with Gasteiger partial charge < -0.3 is 18.9 Å². The van der Waals surface area contributed by atoms with Gasteiger partial charge in [-0.3, -0.25) is 4.79 Å². The minimum atomic E-state index is -4.97. The number of anilines is 1. The summed E-state index contributed by atoms with van der Waals surface area (Å²) in [5.74, 6) is -2.04. The van der Waals surface area contributed by atoms with E-state index in [0.29, 0.717) is 23.5 Å². The van der Waals surface area contributed by atoms with Crippen molar-refractivity contribution < 1.29 is 35.9 Å². The predicted molar refractivity (Wildman–Crippen MR) is 98.5 cm³/mol. The Kier molecular flexibility index (Phi) is 5.15. The van der Waals surface area contributed by atoms with Gasteiger partial charge in [0.1, 0.15) is 11.6 Å². The van der Waals surface area contributed by atoms with E-state index in [1.165, 1.54) is 18.4 Å². The molecule has 0 fully saturated rings. The zero-order valence-corrected chi connectivity index (χ0v) is 15.3. The average Bonchev–Trinajstić information content (AvgIpc) is 3.40. The molecule has 2 heterocycles. The first kappa shape index (κ1) is 20.1. The smallest absolute Gasteiger partial charge is 0.459 e. The van der Waals surface area contributed by atoms with Gasteiger partial charge in [0.2, 0.25) is 5.89 Å². The number of hydrogen-bond donors (Lipinski definition) is 1. The number of carbonyl (C=O) groups excluding carboxylic acids is 1. The van der Waals surface area contributed by atoms with Crippen LogP contribution in [0.5, 0.6) is 5.75 Å². The number of benzene rings is 2. The van der Waals surface area contributed by atoms with Crippen molar-refractivity contribution in [1.82, 2.24) is 10.2 Å². The van der Waals surface area contributed by atoms with Crippen molar-refractivity contribution in [3.05, 3.63) is 72.2 Å². The molecule has 0 aliphatic rings. The van der Waals surface area contributed by atoms with Crippen LogP contribution in [0, 0.1) is 5.82 Å². The minimum Gasteiger partial charge on any atom is -0.459 e. The first-order chi connectivity index (χ1) is 14.8. The molecular formula is C20H11F4N3O4. The van der Waals surface area contributed by atoms with Crippen molar-refractivity contribution in [1.29, 1.82) is 0 Å². The SMILES string of the molecule is O=C(Nc1cccc(-c2nnc(-c3ccco3)o2)c1)c1cc(OC(F)(F)F)ccc1F. The monoisotopic (exact) mass is 433 g/mol. The number of halogens is 4. The standard InChI is InChI=1S/C20H11F4N3O4/c21-15-7-6-13(31-20(22,23)24)10-14(15)17(28)25-12-4-1-3-11(9-12)18-26-27-19(30-18)16-5-2-8-29-16/h1-10H,(H,25,28). The molecule has 4 rings (SSSR count). The summed E-state index contributed by atoms with van der Waals surface area (Å²) in [5.41, 5.74) is 0.0459. The lowest BCUT2D eigenvalue weighted by atomic mass is 10.1. The molecule has 1 N–H and O–H groups in total. The third-order valence-corrected chi connectivity index (χ3v) is 3.94. The second kappa shape index (κ2) is 7.94. The lowest BCUT2D eigenvalue weighted by molar-refractivity contribution is -0.274. The fourth-order valence-corrected chi connectivity index (χ4v) is 2.64. The van der Waals surface area contributed by atoms with Gasteiger partial charge >= 0.3 is 6.36 Å². The highest BCUT2D eigenvalue weighted by atomic mass is 19.4. The predicted octanol–water partition coefficient (Wildman–Crippen LogP) is 5.29. The lowest BCUT2D eigenvalue weighted by Crippen LogP contribution is -2.18. The fraction of sp³-hybridized carbons (Fsp3) is 0.0500. The fourth-order valence-electron chi connectivity index (χ4n) is 2.64. The van der Waals surface area contributed by atoms with E-state index >= 15 is 0 Å². The molecule has 2 aromatic carbocycles. The average molecular weight is 433 g/mol. The summed E-state index contributed by atoms with van der Waals surface area (Å²) in [5, 5.41) is 10.2. The van der Waals surface area contributed by atoms with Gasteiger partial charge in [-0.15, -0.1) is 23.4 Å². The van der Waals surface area contributed by atoms with E-state index in [0.717, 1.165) is 6.07 Å². The Hall–Kier alpha value is -4.15. The molecule has 4 aromatic rings. The molecule has 1 amide bonds. The molecule has 0 radical (unpaired) electrons. The molecule has 0 aliphatic carbocycles. The van der Waals surface area contributed by atoms with E-state index in [2.05, 4.69) is 20.3 Å². The number of aromatic nitrogens is 2. The van der Waals surface area contributed by atoms with E-state index in [4.69, 9.17) is 8.83 Å². The number of rotatable bonds is 5. The van der Waals surface area contributed by atoms with Crippen molar-refractivity contribution in [3.8, 4) is 28.9 Å². The summed E-state index contributed by atoms with van der Waals surface area (Å²) < 4.78 is 65.6. The maximum Gasteiger partial charge on any atom is 0.573 e. The van der Waals surface area contributed by atoms with Crippen LogP contribution in [-0.2, 0) is 0 Å². The summed E-state index contributed by atoms with van der Waals surface area (Å²) in [7, 11) is 0. The van der Waals surface area contributed by atoms with E-state index in [1.807, 2.05) is 0 Å². The van der Waals surface area contributed by atoms with Crippen LogP contribution < -0.4 is 10.1 Å². The molecule has 0 atom stereocenters. The van der Waals surface area contributed by atoms with Gasteiger partial charge in [0.05, 0.1) is 11.8 Å². The van der Waals surface area contributed by atoms with Gasteiger partial charge in [-0.1, -0.05) is 6.07 Å². The first-order valence-corrected chi connectivity index (χ1v) is 8.63. The van der Waals surface area contributed by atoms with Gasteiger partial charge in [-0.25, -0.2) is 4.39 Å². The third-order valence-electron chi connectivity index (χ3n) is 3.94. The van der Waals surface area contributed by atoms with Gasteiger partial charge in [-0.05, 0) is 48.5 Å². The number of amides is 1. The summed E-state index contributed by atoms with van der Waals surface area (Å²) in [4.78, 5) is 12.4. The lowest BCUT2D eigenvalue weighted by Gasteiger charge is -2.11. The van der Waals surface area contributed by atoms with Crippen LogP contribution >= 0.6 is 0 Å². The number of nitrogens with one attached hydrogen (secondary N) is 1. The summed E-state index contributed by atoms with van der Waals surface area (Å²) >= 11 is 0. The second-order valence-electron chi connectivity index (χ2n) is 6.11. The Labute approximate surface area is 171 Å². The zero-order chi connectivity index (χ0) is 22.0. The topological polar surface area (TPSA) is 90.4 Å². The van der Waals surface area contributed by atoms with Crippen molar-refractivity contribution in [3.63, 3.8) is 0 Å². The number of alkyl halides is 3. The Morgan fingerprint density at radius 1 is 1.00 bits per heavy atom. The van der Waals surface area contributed by atoms with Crippen molar-refractivity contribution in [2.24, 2.45) is 0 Å². The molecular weight excluding hydrogens is 422 g/mol. The number of hydrogen-bond acceptors (Lipinski definition) is 6. The molecule has 11 heteroatoms. The van der Waals surface area contributed by atoms with E-state index < -0.39 is 29.4 Å². The van der Waals surface area contributed by atoms with Crippen LogP contribution in [0.1, 0.15) is 10.4 Å². The highest BCUT2D eigenvalue weighted by Crippen LogP contribution is 2.27. The normalized spacial score (nSPS) is 11.4. The van der Waals surface area contributed by atoms with Crippen LogP contribution in [0.3, 0.4) is 0 Å². The van der Waals surface area contributed by atoms with Crippen LogP contribution in [0.2, 0.25) is 0 Å². The number of nitrogens with zero attached hydrogens (tertiary/aromatic N) is 2. The van der Waals surface area contributed by atoms with Gasteiger partial charge in [0, 0.05) is 11.3 Å². The molecule has 0 unspecified atom stereocenters. The molecule has 0 aliphatic heterocycles. The molecule has 0 spiro atoms. The zero-order valence-electron chi connectivity index (χ0n) is 15.3. The Morgan fingerprint density at radius 3 is 2.55 bits per heavy atom. The maximum absolute atomic E-state index is 14.0. The van der Waals surface area contributed by atoms with Crippen LogP contribution in [-0.4, -0.2) is 22.5 Å². The molecule has 158 valence electrons. The largest absolute Gasteiger partial charge is 0.573 e. The van der Waals surface area contributed by atoms with Crippen LogP contribution in [0.4, 0.5) is 23.2 Å². The van der Waals surface area contributed by atoms with Crippen LogP contribution in [0.15, 0.2) is 69.7 Å². The van der Waals surface area contributed by atoms with Crippen LogP contribution in [0.25, 0.3) is 23.1 Å². The Morgan fingerprint density at radius 2 is 1.81 bits per heavy atom. The molecule has 31 heavy (non-hydrogen) atoms. The van der Waals surface area contributed by atoms with Gasteiger partial charge in [0.15, 0.2) is 5.76 Å². The van der Waals surface area contributed by atoms with Gasteiger partial charge in [0.25, 0.3) is 11.8 Å².